The van der Waals surface area contributed by atoms with Crippen molar-refractivity contribution in [3.63, 3.8) is 0 Å². The Hall–Kier alpha value is -2.11. The lowest BCUT2D eigenvalue weighted by atomic mass is 10.2. The van der Waals surface area contributed by atoms with E-state index in [1.165, 1.54) is 19.2 Å². The molecule has 18 heavy (non-hydrogen) atoms. The molecule has 1 aromatic carbocycles. The second-order valence-electron chi connectivity index (χ2n) is 3.40. The van der Waals surface area contributed by atoms with Gasteiger partial charge in [-0.1, -0.05) is 0 Å². The minimum absolute atomic E-state index is 0.0974. The zero-order valence-corrected chi connectivity index (χ0v) is 10.4. The fraction of sp³-hybridized carbons (Fsp3) is 0.333. The SMILES string of the molecule is CCOc1ccc(N(C)C(=O)C(=O)OC)cc1F. The number of ether oxygens (including phenoxy) is 2. The summed E-state index contributed by atoms with van der Waals surface area (Å²) in [6.07, 6.45) is 0. The van der Waals surface area contributed by atoms with Gasteiger partial charge in [0.25, 0.3) is 0 Å². The van der Waals surface area contributed by atoms with Crippen molar-refractivity contribution in [2.24, 2.45) is 0 Å². The topological polar surface area (TPSA) is 55.8 Å². The number of rotatable bonds is 3. The quantitative estimate of drug-likeness (QED) is 0.604. The number of halogens is 1. The molecule has 0 unspecified atom stereocenters. The second-order valence-corrected chi connectivity index (χ2v) is 3.40. The summed E-state index contributed by atoms with van der Waals surface area (Å²) in [6.45, 7) is 2.08. The van der Waals surface area contributed by atoms with E-state index in [9.17, 15) is 14.0 Å². The van der Waals surface area contributed by atoms with Crippen LogP contribution < -0.4 is 9.64 Å². The average molecular weight is 255 g/mol. The molecule has 1 aromatic rings. The summed E-state index contributed by atoms with van der Waals surface area (Å²) in [7, 11) is 2.46. The van der Waals surface area contributed by atoms with Crippen molar-refractivity contribution in [1.82, 2.24) is 0 Å². The Balaban J connectivity index is 2.94. The van der Waals surface area contributed by atoms with Gasteiger partial charge >= 0.3 is 11.9 Å². The predicted octanol–water partition coefficient (Wildman–Crippen LogP) is 1.36. The van der Waals surface area contributed by atoms with Crippen LogP contribution in [0.4, 0.5) is 10.1 Å². The van der Waals surface area contributed by atoms with Gasteiger partial charge in [0.1, 0.15) is 0 Å². The highest BCUT2D eigenvalue weighted by Crippen LogP contribution is 2.23. The first-order valence-corrected chi connectivity index (χ1v) is 5.29. The van der Waals surface area contributed by atoms with E-state index in [1.54, 1.807) is 6.92 Å². The Bertz CT molecular complexity index is 461. The van der Waals surface area contributed by atoms with Crippen molar-refractivity contribution >= 4 is 17.6 Å². The van der Waals surface area contributed by atoms with Crippen LogP contribution >= 0.6 is 0 Å². The third kappa shape index (κ3) is 2.97. The van der Waals surface area contributed by atoms with Crippen LogP contribution in [-0.4, -0.2) is 32.6 Å². The molecule has 0 aliphatic rings. The molecule has 5 nitrogen and oxygen atoms in total. The lowest BCUT2D eigenvalue weighted by Crippen LogP contribution is -2.34. The van der Waals surface area contributed by atoms with E-state index >= 15 is 0 Å². The summed E-state index contributed by atoms with van der Waals surface area (Å²) in [5.41, 5.74) is 0.242. The highest BCUT2D eigenvalue weighted by atomic mass is 19.1. The predicted molar refractivity (Wildman–Crippen MR) is 63.0 cm³/mol. The van der Waals surface area contributed by atoms with Crippen LogP contribution in [-0.2, 0) is 14.3 Å². The molecular weight excluding hydrogens is 241 g/mol. The van der Waals surface area contributed by atoms with Crippen molar-refractivity contribution in [3.8, 4) is 5.75 Å². The maximum absolute atomic E-state index is 13.6. The smallest absolute Gasteiger partial charge is 0.397 e. The van der Waals surface area contributed by atoms with E-state index < -0.39 is 17.7 Å². The largest absolute Gasteiger partial charge is 0.491 e. The second kappa shape index (κ2) is 6.00. The normalized spacial score (nSPS) is 9.78. The average Bonchev–Trinajstić information content (AvgIpc) is 2.38. The van der Waals surface area contributed by atoms with Gasteiger partial charge in [-0.15, -0.1) is 0 Å². The lowest BCUT2D eigenvalue weighted by molar-refractivity contribution is -0.151. The number of likely N-dealkylation sites (N-methyl/N-ethyl adjacent to an activating group) is 1. The Kier molecular flexibility index (Phi) is 4.65. The third-order valence-electron chi connectivity index (χ3n) is 2.27. The van der Waals surface area contributed by atoms with Gasteiger partial charge in [-0.3, -0.25) is 4.79 Å². The van der Waals surface area contributed by atoms with Crippen molar-refractivity contribution < 1.29 is 23.5 Å². The number of hydrogen-bond acceptors (Lipinski definition) is 4. The first-order valence-electron chi connectivity index (χ1n) is 5.29. The lowest BCUT2D eigenvalue weighted by Gasteiger charge is -2.16. The Labute approximate surface area is 104 Å². The van der Waals surface area contributed by atoms with E-state index in [-0.39, 0.29) is 11.4 Å². The molecule has 0 aliphatic carbocycles. The van der Waals surface area contributed by atoms with Crippen LogP contribution in [0.15, 0.2) is 18.2 Å². The number of hydrogen-bond donors (Lipinski definition) is 0. The summed E-state index contributed by atoms with van der Waals surface area (Å²) in [5.74, 6) is -2.38. The van der Waals surface area contributed by atoms with Crippen molar-refractivity contribution in [1.29, 1.82) is 0 Å². The van der Waals surface area contributed by atoms with Gasteiger partial charge in [0, 0.05) is 18.8 Å². The molecule has 1 amide bonds. The van der Waals surface area contributed by atoms with E-state index in [2.05, 4.69) is 4.74 Å². The first kappa shape index (κ1) is 14.0. The fourth-order valence-corrected chi connectivity index (χ4v) is 1.31. The highest BCUT2D eigenvalue weighted by Gasteiger charge is 2.21. The van der Waals surface area contributed by atoms with Gasteiger partial charge in [0.2, 0.25) is 0 Å². The summed E-state index contributed by atoms with van der Waals surface area (Å²) in [6, 6.07) is 4.00. The standard InChI is InChI=1S/C12H14FNO4/c1-4-18-10-6-5-8(7-9(10)13)14(2)11(15)12(16)17-3/h5-7H,4H2,1-3H3. The molecule has 0 atom stereocenters. The monoisotopic (exact) mass is 255 g/mol. The first-order chi connectivity index (χ1) is 8.51. The summed E-state index contributed by atoms with van der Waals surface area (Å²) < 4.78 is 22.9. The zero-order chi connectivity index (χ0) is 13.7. The Morgan fingerprint density at radius 3 is 2.56 bits per heavy atom. The molecule has 0 fully saturated rings. The fourth-order valence-electron chi connectivity index (χ4n) is 1.31. The Morgan fingerprint density at radius 2 is 2.06 bits per heavy atom. The van der Waals surface area contributed by atoms with Gasteiger partial charge in [0.05, 0.1) is 13.7 Å². The van der Waals surface area contributed by atoms with Gasteiger partial charge < -0.3 is 14.4 Å². The molecule has 1 rings (SSSR count). The van der Waals surface area contributed by atoms with Crippen LogP contribution in [0.1, 0.15) is 6.92 Å². The van der Waals surface area contributed by atoms with E-state index in [1.807, 2.05) is 0 Å². The van der Waals surface area contributed by atoms with Gasteiger partial charge in [-0.25, -0.2) is 9.18 Å². The van der Waals surface area contributed by atoms with Crippen molar-refractivity contribution in [3.05, 3.63) is 24.0 Å². The molecule has 6 heteroatoms. The van der Waals surface area contributed by atoms with Crippen LogP contribution in [0, 0.1) is 5.82 Å². The number of methoxy groups -OCH3 is 1. The molecule has 0 saturated heterocycles. The van der Waals surface area contributed by atoms with E-state index in [0.29, 0.717) is 6.61 Å². The minimum Gasteiger partial charge on any atom is -0.491 e. The molecule has 0 aliphatic heterocycles. The Morgan fingerprint density at radius 1 is 1.39 bits per heavy atom. The highest BCUT2D eigenvalue weighted by molar-refractivity contribution is 6.37. The number of carbonyl (C=O) groups excluding carboxylic acids is 2. The van der Waals surface area contributed by atoms with Crippen LogP contribution in [0.25, 0.3) is 0 Å². The minimum atomic E-state index is -1.01. The van der Waals surface area contributed by atoms with E-state index in [4.69, 9.17) is 4.74 Å². The van der Waals surface area contributed by atoms with Crippen molar-refractivity contribution in [2.75, 3.05) is 25.7 Å². The summed E-state index contributed by atoms with van der Waals surface area (Å²) in [5, 5.41) is 0. The summed E-state index contributed by atoms with van der Waals surface area (Å²) in [4.78, 5) is 23.5. The van der Waals surface area contributed by atoms with Gasteiger partial charge in [-0.2, -0.15) is 0 Å². The number of carbonyl (C=O) groups is 2. The summed E-state index contributed by atoms with van der Waals surface area (Å²) >= 11 is 0. The number of benzene rings is 1. The molecule has 0 spiro atoms. The maximum Gasteiger partial charge on any atom is 0.397 e. The molecule has 0 bridgehead atoms. The molecular formula is C12H14FNO4. The van der Waals surface area contributed by atoms with Gasteiger partial charge in [-0.05, 0) is 19.1 Å². The molecule has 0 aromatic heterocycles. The molecule has 0 N–H and O–H groups in total. The number of nitrogens with zero attached hydrogens (tertiary/aromatic N) is 1. The molecule has 0 saturated carbocycles. The molecule has 0 radical (unpaired) electrons. The van der Waals surface area contributed by atoms with Crippen LogP contribution in [0.2, 0.25) is 0 Å². The number of anilines is 1. The number of esters is 1. The van der Waals surface area contributed by atoms with Gasteiger partial charge in [0.15, 0.2) is 11.6 Å². The maximum atomic E-state index is 13.6. The van der Waals surface area contributed by atoms with Crippen LogP contribution in [0.5, 0.6) is 5.75 Å². The number of amides is 1. The third-order valence-corrected chi connectivity index (χ3v) is 2.27. The molecule has 0 heterocycles. The van der Waals surface area contributed by atoms with E-state index in [0.717, 1.165) is 18.1 Å². The zero-order valence-electron chi connectivity index (χ0n) is 10.4. The van der Waals surface area contributed by atoms with Crippen LogP contribution in [0.3, 0.4) is 0 Å². The van der Waals surface area contributed by atoms with Crippen molar-refractivity contribution in [2.45, 2.75) is 6.92 Å². The molecule has 98 valence electrons.